The fourth-order valence-electron chi connectivity index (χ4n) is 1.62. The minimum Gasteiger partial charge on any atom is -0.321 e. The molecule has 0 spiro atoms. The van der Waals surface area contributed by atoms with Crippen LogP contribution in [0, 0.1) is 16.2 Å². The summed E-state index contributed by atoms with van der Waals surface area (Å²) in [4.78, 5) is 12.3. The molecule has 0 fully saturated rings. The van der Waals surface area contributed by atoms with E-state index in [9.17, 15) is 4.79 Å². The van der Waals surface area contributed by atoms with E-state index in [1.807, 2.05) is 34.6 Å². The average molecular weight is 271 g/mol. The Labute approximate surface area is 121 Å². The van der Waals surface area contributed by atoms with E-state index in [1.165, 1.54) is 0 Å². The first-order valence-electron chi connectivity index (χ1n) is 7.65. The molecule has 0 heterocycles. The zero-order chi connectivity index (χ0) is 16.1. The third-order valence-corrected chi connectivity index (χ3v) is 4.65. The summed E-state index contributed by atoms with van der Waals surface area (Å²) in [5.74, 6) is 0.192. The molecule has 0 saturated carbocycles. The molecule has 0 aliphatic rings. The molecule has 0 aliphatic carbocycles. The van der Waals surface area contributed by atoms with Crippen molar-refractivity contribution in [3.05, 3.63) is 0 Å². The van der Waals surface area contributed by atoms with Crippen molar-refractivity contribution >= 4 is 5.78 Å². The molecular formula is C17H37NO. The van der Waals surface area contributed by atoms with Gasteiger partial charge in [-0.25, -0.2) is 0 Å². The van der Waals surface area contributed by atoms with E-state index in [4.69, 9.17) is 5.73 Å². The van der Waals surface area contributed by atoms with E-state index < -0.39 is 0 Å². The Balaban J connectivity index is 0. The smallest absolute Gasteiger partial charge is 0.155 e. The zero-order valence-electron chi connectivity index (χ0n) is 15.0. The SMILES string of the molecule is CC.CCC(C)(C)C(=O)C(N)CC(C)(C)C(C)(C)C. The fourth-order valence-corrected chi connectivity index (χ4v) is 1.62. The summed E-state index contributed by atoms with van der Waals surface area (Å²) < 4.78 is 0. The van der Waals surface area contributed by atoms with Gasteiger partial charge in [0.1, 0.15) is 0 Å². The quantitative estimate of drug-likeness (QED) is 0.780. The van der Waals surface area contributed by atoms with Crippen LogP contribution in [0.3, 0.4) is 0 Å². The maximum absolute atomic E-state index is 12.3. The van der Waals surface area contributed by atoms with Crippen LogP contribution in [-0.4, -0.2) is 11.8 Å². The Kier molecular flexibility index (Phi) is 8.18. The average Bonchev–Trinajstić information content (AvgIpc) is 2.28. The molecular weight excluding hydrogens is 234 g/mol. The van der Waals surface area contributed by atoms with Gasteiger partial charge in [0.15, 0.2) is 5.78 Å². The summed E-state index contributed by atoms with van der Waals surface area (Å²) in [6.45, 7) is 21.0. The Bertz CT molecular complexity index is 271. The molecule has 0 aromatic carbocycles. The Hall–Kier alpha value is -0.370. The standard InChI is InChI=1S/C15H31NO.C2H6/c1-9-14(5,6)12(17)11(16)10-15(7,8)13(2,3)4;1-2/h11H,9-10,16H2,1-8H3;1-2H3. The van der Waals surface area contributed by atoms with Crippen LogP contribution in [0.2, 0.25) is 0 Å². The van der Waals surface area contributed by atoms with Gasteiger partial charge in [0, 0.05) is 5.41 Å². The fraction of sp³-hybridized carbons (Fsp3) is 0.941. The summed E-state index contributed by atoms with van der Waals surface area (Å²) >= 11 is 0. The molecule has 0 aromatic rings. The number of hydrogen-bond donors (Lipinski definition) is 1. The van der Waals surface area contributed by atoms with Crippen LogP contribution < -0.4 is 5.73 Å². The second-order valence-corrected chi connectivity index (χ2v) is 7.55. The lowest BCUT2D eigenvalue weighted by molar-refractivity contribution is -0.129. The number of rotatable bonds is 5. The number of ketones is 1. The summed E-state index contributed by atoms with van der Waals surface area (Å²) in [5, 5.41) is 0. The number of carbonyl (C=O) groups excluding carboxylic acids is 1. The molecule has 1 unspecified atom stereocenters. The minimum absolute atomic E-state index is 0.0614. The summed E-state index contributed by atoms with van der Waals surface area (Å²) in [5.41, 5.74) is 6.03. The van der Waals surface area contributed by atoms with Gasteiger partial charge in [0.2, 0.25) is 0 Å². The van der Waals surface area contributed by atoms with Gasteiger partial charge in [-0.05, 0) is 23.7 Å². The molecule has 2 nitrogen and oxygen atoms in total. The van der Waals surface area contributed by atoms with Crippen LogP contribution in [0.4, 0.5) is 0 Å². The first-order valence-corrected chi connectivity index (χ1v) is 7.65. The number of hydrogen-bond acceptors (Lipinski definition) is 2. The minimum atomic E-state index is -0.348. The molecule has 19 heavy (non-hydrogen) atoms. The molecule has 0 bridgehead atoms. The predicted molar refractivity (Wildman–Crippen MR) is 86.3 cm³/mol. The molecule has 2 N–H and O–H groups in total. The lowest BCUT2D eigenvalue weighted by Crippen LogP contribution is -2.45. The number of nitrogens with two attached hydrogens (primary N) is 1. The summed E-state index contributed by atoms with van der Waals surface area (Å²) in [6.07, 6.45) is 1.59. The van der Waals surface area contributed by atoms with Crippen molar-refractivity contribution in [3.63, 3.8) is 0 Å². The number of carbonyl (C=O) groups is 1. The molecule has 116 valence electrons. The first-order chi connectivity index (χ1) is 8.35. The molecule has 1 atom stereocenters. The Morgan fingerprint density at radius 3 is 1.63 bits per heavy atom. The molecule has 0 saturated heterocycles. The number of Topliss-reactive ketones (excluding diaryl/α,β-unsaturated/α-hetero) is 1. The van der Waals surface area contributed by atoms with Crippen LogP contribution in [-0.2, 0) is 4.79 Å². The highest BCUT2D eigenvalue weighted by Crippen LogP contribution is 2.42. The third kappa shape index (κ3) is 6.07. The van der Waals surface area contributed by atoms with Crippen LogP contribution in [0.1, 0.15) is 82.1 Å². The van der Waals surface area contributed by atoms with Crippen LogP contribution in [0.5, 0.6) is 0 Å². The highest BCUT2D eigenvalue weighted by atomic mass is 16.1. The lowest BCUT2D eigenvalue weighted by atomic mass is 9.65. The molecule has 0 aromatic heterocycles. The summed E-state index contributed by atoms with van der Waals surface area (Å²) in [7, 11) is 0. The Morgan fingerprint density at radius 2 is 1.37 bits per heavy atom. The van der Waals surface area contributed by atoms with Crippen molar-refractivity contribution in [2.75, 3.05) is 0 Å². The van der Waals surface area contributed by atoms with Gasteiger partial charge in [-0.3, -0.25) is 4.79 Å². The topological polar surface area (TPSA) is 43.1 Å². The summed E-state index contributed by atoms with van der Waals surface area (Å²) in [6, 6.07) is -0.348. The van der Waals surface area contributed by atoms with Crippen molar-refractivity contribution < 1.29 is 4.79 Å². The van der Waals surface area contributed by atoms with E-state index >= 15 is 0 Å². The molecule has 0 aliphatic heterocycles. The van der Waals surface area contributed by atoms with Crippen molar-refractivity contribution in [2.24, 2.45) is 22.0 Å². The van der Waals surface area contributed by atoms with E-state index in [-0.39, 0.29) is 28.1 Å². The maximum atomic E-state index is 12.3. The molecule has 0 rings (SSSR count). The third-order valence-electron chi connectivity index (χ3n) is 4.65. The van der Waals surface area contributed by atoms with Gasteiger partial charge in [-0.2, -0.15) is 0 Å². The maximum Gasteiger partial charge on any atom is 0.155 e. The van der Waals surface area contributed by atoms with Gasteiger partial charge >= 0.3 is 0 Å². The van der Waals surface area contributed by atoms with Gasteiger partial charge in [0.25, 0.3) is 0 Å². The largest absolute Gasteiger partial charge is 0.321 e. The predicted octanol–water partition coefficient (Wildman–Crippen LogP) is 4.81. The monoisotopic (exact) mass is 271 g/mol. The highest BCUT2D eigenvalue weighted by Gasteiger charge is 2.38. The second kappa shape index (κ2) is 7.42. The van der Waals surface area contributed by atoms with Crippen molar-refractivity contribution in [3.8, 4) is 0 Å². The van der Waals surface area contributed by atoms with E-state index in [1.54, 1.807) is 0 Å². The van der Waals surface area contributed by atoms with Gasteiger partial charge in [0.05, 0.1) is 6.04 Å². The normalized spacial score (nSPS) is 14.5. The molecule has 2 heteroatoms. The van der Waals surface area contributed by atoms with Crippen molar-refractivity contribution in [1.82, 2.24) is 0 Å². The lowest BCUT2D eigenvalue weighted by Gasteiger charge is -2.41. The zero-order valence-corrected chi connectivity index (χ0v) is 15.0. The highest BCUT2D eigenvalue weighted by molar-refractivity contribution is 5.88. The Morgan fingerprint density at radius 1 is 1.00 bits per heavy atom. The molecule has 0 radical (unpaired) electrons. The molecule has 0 amide bonds. The van der Waals surface area contributed by atoms with E-state index in [2.05, 4.69) is 34.6 Å². The van der Waals surface area contributed by atoms with Gasteiger partial charge < -0.3 is 5.73 Å². The van der Waals surface area contributed by atoms with Gasteiger partial charge in [-0.1, -0.05) is 69.2 Å². The van der Waals surface area contributed by atoms with Crippen LogP contribution >= 0.6 is 0 Å². The van der Waals surface area contributed by atoms with Crippen LogP contribution in [0.15, 0.2) is 0 Å². The van der Waals surface area contributed by atoms with E-state index in [0.717, 1.165) is 12.8 Å². The van der Waals surface area contributed by atoms with Crippen LogP contribution in [0.25, 0.3) is 0 Å². The second-order valence-electron chi connectivity index (χ2n) is 7.55. The van der Waals surface area contributed by atoms with Crippen molar-refractivity contribution in [1.29, 1.82) is 0 Å². The van der Waals surface area contributed by atoms with E-state index in [0.29, 0.717) is 0 Å². The first kappa shape index (κ1) is 20.9. The van der Waals surface area contributed by atoms with Crippen molar-refractivity contribution in [2.45, 2.75) is 88.1 Å². The van der Waals surface area contributed by atoms with Gasteiger partial charge in [-0.15, -0.1) is 0 Å².